The van der Waals surface area contributed by atoms with Crippen LogP contribution in [0.3, 0.4) is 0 Å². The minimum absolute atomic E-state index is 0.0431. The van der Waals surface area contributed by atoms with Gasteiger partial charge in [-0.15, -0.1) is 0 Å². The van der Waals surface area contributed by atoms with Gasteiger partial charge in [0.1, 0.15) is 0 Å². The Balaban J connectivity index is 1.66. The second-order valence-electron chi connectivity index (χ2n) is 6.43. The van der Waals surface area contributed by atoms with Crippen LogP contribution in [0.1, 0.15) is 31.8 Å². The number of hydrogen-bond acceptors (Lipinski definition) is 2. The van der Waals surface area contributed by atoms with E-state index < -0.39 is 17.6 Å². The fourth-order valence-corrected chi connectivity index (χ4v) is 2.59. The number of carbonyl (C=O) groups excluding carboxylic acids is 2. The Bertz CT molecular complexity index is 1030. The second-order valence-corrected chi connectivity index (χ2v) is 6.43. The van der Waals surface area contributed by atoms with Crippen LogP contribution in [0, 0.1) is 6.92 Å². The van der Waals surface area contributed by atoms with E-state index in [4.69, 9.17) is 0 Å². The smallest absolute Gasteiger partial charge is 0.322 e. The van der Waals surface area contributed by atoms with Crippen molar-refractivity contribution in [3.05, 3.63) is 95.1 Å². The molecular weight excluding hydrogens is 381 g/mol. The monoisotopic (exact) mass is 398 g/mol. The molecule has 0 atom stereocenters. The molecular formula is C22H17F3N2O2. The average molecular weight is 398 g/mol. The summed E-state index contributed by atoms with van der Waals surface area (Å²) in [6, 6.07) is 17.5. The third-order valence-corrected chi connectivity index (χ3v) is 4.17. The SMILES string of the molecule is Cc1ccc(C(=O)Nc2ccc(C(=O)Nc3cccc(C(F)(F)F)c3)cc2)cc1. The molecule has 0 aromatic heterocycles. The lowest BCUT2D eigenvalue weighted by molar-refractivity contribution is -0.137. The number of benzene rings is 3. The molecule has 0 fully saturated rings. The van der Waals surface area contributed by atoms with E-state index in [-0.39, 0.29) is 17.2 Å². The van der Waals surface area contributed by atoms with Crippen molar-refractivity contribution in [1.29, 1.82) is 0 Å². The Kier molecular flexibility index (Phi) is 5.68. The summed E-state index contributed by atoms with van der Waals surface area (Å²) in [4.78, 5) is 24.5. The zero-order valence-electron chi connectivity index (χ0n) is 15.4. The van der Waals surface area contributed by atoms with E-state index >= 15 is 0 Å². The van der Waals surface area contributed by atoms with Crippen molar-refractivity contribution >= 4 is 23.2 Å². The zero-order chi connectivity index (χ0) is 21.0. The van der Waals surface area contributed by atoms with Crippen LogP contribution in [0.2, 0.25) is 0 Å². The third-order valence-electron chi connectivity index (χ3n) is 4.17. The van der Waals surface area contributed by atoms with Crippen LogP contribution in [0.5, 0.6) is 0 Å². The summed E-state index contributed by atoms with van der Waals surface area (Å²) in [7, 11) is 0. The molecule has 3 aromatic carbocycles. The van der Waals surface area contributed by atoms with Gasteiger partial charge in [0.2, 0.25) is 0 Å². The van der Waals surface area contributed by atoms with E-state index in [1.165, 1.54) is 24.3 Å². The zero-order valence-corrected chi connectivity index (χ0v) is 15.4. The van der Waals surface area contributed by atoms with Crippen molar-refractivity contribution < 1.29 is 22.8 Å². The van der Waals surface area contributed by atoms with E-state index in [1.54, 1.807) is 24.3 Å². The van der Waals surface area contributed by atoms with E-state index in [9.17, 15) is 22.8 Å². The first kappa shape index (κ1) is 20.1. The normalized spacial score (nSPS) is 11.0. The van der Waals surface area contributed by atoms with Crippen LogP contribution in [0.25, 0.3) is 0 Å². The highest BCUT2D eigenvalue weighted by molar-refractivity contribution is 6.06. The highest BCUT2D eigenvalue weighted by Gasteiger charge is 2.30. The fourth-order valence-electron chi connectivity index (χ4n) is 2.59. The Morgan fingerprint density at radius 3 is 1.79 bits per heavy atom. The molecule has 3 aromatic rings. The number of anilines is 2. The number of carbonyl (C=O) groups is 2. The van der Waals surface area contributed by atoms with Crippen LogP contribution in [0.4, 0.5) is 24.5 Å². The summed E-state index contributed by atoms with van der Waals surface area (Å²) in [5, 5.41) is 5.16. The van der Waals surface area contributed by atoms with Gasteiger partial charge in [-0.2, -0.15) is 13.2 Å². The summed E-state index contributed by atoms with van der Waals surface area (Å²) in [6.07, 6.45) is -4.49. The Hall–Kier alpha value is -3.61. The molecule has 3 rings (SSSR count). The van der Waals surface area contributed by atoms with Gasteiger partial charge in [0.25, 0.3) is 11.8 Å². The number of hydrogen-bond donors (Lipinski definition) is 2. The maximum Gasteiger partial charge on any atom is 0.416 e. The predicted molar refractivity (Wildman–Crippen MR) is 105 cm³/mol. The van der Waals surface area contributed by atoms with Gasteiger partial charge >= 0.3 is 6.18 Å². The van der Waals surface area contributed by atoms with Gasteiger partial charge in [-0.1, -0.05) is 23.8 Å². The summed E-state index contributed by atoms with van der Waals surface area (Å²) < 4.78 is 38.3. The van der Waals surface area contributed by atoms with Gasteiger partial charge in [-0.3, -0.25) is 9.59 Å². The minimum atomic E-state index is -4.49. The van der Waals surface area contributed by atoms with Crippen LogP contribution in [-0.2, 0) is 6.18 Å². The highest BCUT2D eigenvalue weighted by Crippen LogP contribution is 2.30. The van der Waals surface area contributed by atoms with Crippen molar-refractivity contribution in [3.8, 4) is 0 Å². The minimum Gasteiger partial charge on any atom is -0.322 e. The largest absolute Gasteiger partial charge is 0.416 e. The van der Waals surface area contributed by atoms with Crippen LogP contribution in [-0.4, -0.2) is 11.8 Å². The summed E-state index contributed by atoms with van der Waals surface area (Å²) >= 11 is 0. The average Bonchev–Trinajstić information content (AvgIpc) is 2.68. The van der Waals surface area contributed by atoms with Crippen LogP contribution < -0.4 is 10.6 Å². The molecule has 0 bridgehead atoms. The first-order valence-corrected chi connectivity index (χ1v) is 8.69. The summed E-state index contributed by atoms with van der Waals surface area (Å²) in [5.41, 5.74) is 1.48. The van der Waals surface area contributed by atoms with Crippen molar-refractivity contribution in [2.45, 2.75) is 13.1 Å². The number of amides is 2. The molecule has 0 aliphatic rings. The molecule has 2 N–H and O–H groups in total. The van der Waals surface area contributed by atoms with E-state index in [0.29, 0.717) is 11.3 Å². The van der Waals surface area contributed by atoms with Gasteiger partial charge in [0.05, 0.1) is 5.56 Å². The number of alkyl halides is 3. The van der Waals surface area contributed by atoms with Gasteiger partial charge < -0.3 is 10.6 Å². The molecule has 29 heavy (non-hydrogen) atoms. The molecule has 0 saturated heterocycles. The van der Waals surface area contributed by atoms with Crippen LogP contribution >= 0.6 is 0 Å². The number of halogens is 3. The first-order chi connectivity index (χ1) is 13.7. The Morgan fingerprint density at radius 1 is 0.724 bits per heavy atom. The Labute approximate surface area is 165 Å². The number of aryl methyl sites for hydroxylation is 1. The van der Waals surface area contributed by atoms with Crippen LogP contribution in [0.15, 0.2) is 72.8 Å². The van der Waals surface area contributed by atoms with Crippen molar-refractivity contribution in [1.82, 2.24) is 0 Å². The lowest BCUT2D eigenvalue weighted by Gasteiger charge is -2.10. The molecule has 0 aliphatic carbocycles. The molecule has 4 nitrogen and oxygen atoms in total. The predicted octanol–water partition coefficient (Wildman–Crippen LogP) is 5.52. The number of rotatable bonds is 4. The van der Waals surface area contributed by atoms with E-state index in [0.717, 1.165) is 17.7 Å². The molecule has 7 heteroatoms. The van der Waals surface area contributed by atoms with Gasteiger partial charge in [0, 0.05) is 22.5 Å². The summed E-state index contributed by atoms with van der Waals surface area (Å²) in [5.74, 6) is -0.841. The lowest BCUT2D eigenvalue weighted by atomic mass is 10.1. The molecule has 148 valence electrons. The molecule has 0 heterocycles. The number of nitrogens with one attached hydrogen (secondary N) is 2. The highest BCUT2D eigenvalue weighted by atomic mass is 19.4. The van der Waals surface area contributed by atoms with Crippen molar-refractivity contribution in [2.75, 3.05) is 10.6 Å². The van der Waals surface area contributed by atoms with Crippen molar-refractivity contribution in [2.24, 2.45) is 0 Å². The van der Waals surface area contributed by atoms with Gasteiger partial charge in [0.15, 0.2) is 0 Å². The topological polar surface area (TPSA) is 58.2 Å². The van der Waals surface area contributed by atoms with Gasteiger partial charge in [-0.25, -0.2) is 0 Å². The lowest BCUT2D eigenvalue weighted by Crippen LogP contribution is -2.14. The second kappa shape index (κ2) is 8.18. The van der Waals surface area contributed by atoms with E-state index in [2.05, 4.69) is 10.6 Å². The first-order valence-electron chi connectivity index (χ1n) is 8.69. The molecule has 0 unspecified atom stereocenters. The third kappa shape index (κ3) is 5.22. The molecule has 0 saturated carbocycles. The standard InChI is InChI=1S/C22H17F3N2O2/c1-14-5-7-15(8-6-14)20(28)26-18-11-9-16(10-12-18)21(29)27-19-4-2-3-17(13-19)22(23,24)25/h2-13H,1H3,(H,26,28)(H,27,29). The molecule has 0 radical (unpaired) electrons. The summed E-state index contributed by atoms with van der Waals surface area (Å²) in [6.45, 7) is 1.92. The Morgan fingerprint density at radius 2 is 1.24 bits per heavy atom. The quantitative estimate of drug-likeness (QED) is 0.608. The maximum atomic E-state index is 12.8. The molecule has 0 aliphatic heterocycles. The molecule has 2 amide bonds. The fraction of sp³-hybridized carbons (Fsp3) is 0.0909. The molecule has 0 spiro atoms. The maximum absolute atomic E-state index is 12.8. The van der Waals surface area contributed by atoms with Gasteiger partial charge in [-0.05, 0) is 61.5 Å². The van der Waals surface area contributed by atoms with E-state index in [1.807, 2.05) is 19.1 Å². The van der Waals surface area contributed by atoms with Crippen molar-refractivity contribution in [3.63, 3.8) is 0 Å².